The molecule has 2 aromatic rings. The third-order valence-corrected chi connectivity index (χ3v) is 3.68. The molecule has 6 heteroatoms. The summed E-state index contributed by atoms with van der Waals surface area (Å²) in [5.74, 6) is 1.25. The van der Waals surface area contributed by atoms with Crippen molar-refractivity contribution >= 4 is 27.7 Å². The van der Waals surface area contributed by atoms with Gasteiger partial charge in [-0.05, 0) is 51.8 Å². The van der Waals surface area contributed by atoms with Crippen LogP contribution in [0.15, 0.2) is 50.7 Å². The summed E-state index contributed by atoms with van der Waals surface area (Å²) in [5, 5.41) is 22.1. The van der Waals surface area contributed by atoms with Crippen molar-refractivity contribution in [3.8, 4) is 11.5 Å². The SMILES string of the molecule is COc1cc(/C=C/C(CCc2ccco2)=N/O)cc(Br)c1O. The van der Waals surface area contributed by atoms with Gasteiger partial charge < -0.3 is 19.5 Å². The van der Waals surface area contributed by atoms with Crippen LogP contribution < -0.4 is 4.74 Å². The van der Waals surface area contributed by atoms with Crippen molar-refractivity contribution in [3.05, 3.63) is 52.4 Å². The zero-order valence-corrected chi connectivity index (χ0v) is 13.6. The minimum atomic E-state index is 0.0496. The highest BCUT2D eigenvalue weighted by atomic mass is 79.9. The number of ether oxygens (including phenoxy) is 1. The molecule has 0 aliphatic heterocycles. The Balaban J connectivity index is 2.07. The van der Waals surface area contributed by atoms with E-state index in [4.69, 9.17) is 14.4 Å². The number of aromatic hydroxyl groups is 1. The molecule has 1 aromatic heterocycles. The van der Waals surface area contributed by atoms with E-state index in [-0.39, 0.29) is 5.75 Å². The Morgan fingerprint density at radius 3 is 2.91 bits per heavy atom. The summed E-state index contributed by atoms with van der Waals surface area (Å²) in [7, 11) is 1.49. The fourth-order valence-electron chi connectivity index (χ4n) is 1.91. The third-order valence-electron chi connectivity index (χ3n) is 3.07. The van der Waals surface area contributed by atoms with Crippen LogP contribution in [0.1, 0.15) is 17.7 Å². The minimum Gasteiger partial charge on any atom is -0.503 e. The van der Waals surface area contributed by atoms with Gasteiger partial charge in [0.15, 0.2) is 11.5 Å². The van der Waals surface area contributed by atoms with Crippen LogP contribution >= 0.6 is 15.9 Å². The first kappa shape index (κ1) is 16.2. The molecule has 116 valence electrons. The molecule has 0 saturated carbocycles. The highest BCUT2D eigenvalue weighted by Crippen LogP contribution is 2.35. The zero-order chi connectivity index (χ0) is 15.9. The molecule has 0 bridgehead atoms. The van der Waals surface area contributed by atoms with E-state index in [1.807, 2.05) is 12.1 Å². The number of benzene rings is 1. The van der Waals surface area contributed by atoms with Crippen molar-refractivity contribution in [3.63, 3.8) is 0 Å². The second-order valence-corrected chi connectivity index (χ2v) is 5.41. The number of halogens is 1. The van der Waals surface area contributed by atoms with E-state index in [1.54, 1.807) is 30.5 Å². The fraction of sp³-hybridized carbons (Fsp3) is 0.188. The molecule has 22 heavy (non-hydrogen) atoms. The molecule has 0 aliphatic rings. The highest BCUT2D eigenvalue weighted by Gasteiger charge is 2.07. The topological polar surface area (TPSA) is 75.2 Å². The van der Waals surface area contributed by atoms with Crippen molar-refractivity contribution in [2.75, 3.05) is 7.11 Å². The number of phenols is 1. The minimum absolute atomic E-state index is 0.0496. The number of furan rings is 1. The number of aryl methyl sites for hydroxylation is 1. The van der Waals surface area contributed by atoms with Gasteiger partial charge in [-0.2, -0.15) is 0 Å². The number of methoxy groups -OCH3 is 1. The van der Waals surface area contributed by atoms with E-state index >= 15 is 0 Å². The van der Waals surface area contributed by atoms with Gasteiger partial charge in [-0.15, -0.1) is 0 Å². The van der Waals surface area contributed by atoms with Gasteiger partial charge in [0.1, 0.15) is 5.76 Å². The maximum atomic E-state index is 9.77. The van der Waals surface area contributed by atoms with Crippen LogP contribution in [0.2, 0.25) is 0 Å². The van der Waals surface area contributed by atoms with Crippen molar-refractivity contribution in [1.29, 1.82) is 0 Å². The lowest BCUT2D eigenvalue weighted by molar-refractivity contribution is 0.318. The van der Waals surface area contributed by atoms with E-state index in [0.717, 1.165) is 11.3 Å². The molecule has 0 aliphatic carbocycles. The van der Waals surface area contributed by atoms with Crippen LogP contribution in [0.25, 0.3) is 6.08 Å². The van der Waals surface area contributed by atoms with Crippen molar-refractivity contribution < 1.29 is 19.5 Å². The quantitative estimate of drug-likeness (QED) is 0.456. The number of oxime groups is 1. The van der Waals surface area contributed by atoms with Crippen LogP contribution in [0.3, 0.4) is 0 Å². The average molecular weight is 366 g/mol. The summed E-state index contributed by atoms with van der Waals surface area (Å²) in [4.78, 5) is 0. The summed E-state index contributed by atoms with van der Waals surface area (Å²) >= 11 is 3.26. The van der Waals surface area contributed by atoms with E-state index in [0.29, 0.717) is 28.8 Å². The van der Waals surface area contributed by atoms with Crippen molar-refractivity contribution in [2.24, 2.45) is 5.16 Å². The Hall–Kier alpha value is -2.21. The molecular formula is C16H16BrNO4. The van der Waals surface area contributed by atoms with Gasteiger partial charge in [0.2, 0.25) is 0 Å². The predicted octanol–water partition coefficient (Wildman–Crippen LogP) is 4.23. The second-order valence-electron chi connectivity index (χ2n) is 4.56. The number of phenolic OH excluding ortho intramolecular Hbond substituents is 1. The lowest BCUT2D eigenvalue weighted by atomic mass is 10.1. The molecule has 0 fully saturated rings. The van der Waals surface area contributed by atoms with Gasteiger partial charge in [-0.3, -0.25) is 0 Å². The monoisotopic (exact) mass is 365 g/mol. The summed E-state index contributed by atoms with van der Waals surface area (Å²) in [6.45, 7) is 0. The zero-order valence-electron chi connectivity index (χ0n) is 12.0. The smallest absolute Gasteiger partial charge is 0.172 e. The molecule has 0 radical (unpaired) electrons. The molecule has 2 rings (SSSR count). The summed E-state index contributed by atoms with van der Waals surface area (Å²) in [6.07, 6.45) is 6.31. The molecule has 0 unspecified atom stereocenters. The number of hydrogen-bond acceptors (Lipinski definition) is 5. The number of nitrogens with zero attached hydrogens (tertiary/aromatic N) is 1. The number of hydrogen-bond donors (Lipinski definition) is 2. The Morgan fingerprint density at radius 2 is 2.27 bits per heavy atom. The first-order valence-electron chi connectivity index (χ1n) is 6.62. The van der Waals surface area contributed by atoms with Crippen LogP contribution in [-0.4, -0.2) is 23.1 Å². The molecule has 1 aromatic carbocycles. The lowest BCUT2D eigenvalue weighted by Crippen LogP contribution is -1.96. The predicted molar refractivity (Wildman–Crippen MR) is 87.6 cm³/mol. The van der Waals surface area contributed by atoms with Crippen LogP contribution in [0, 0.1) is 0 Å². The van der Waals surface area contributed by atoms with Gasteiger partial charge in [-0.25, -0.2) is 0 Å². The first-order valence-corrected chi connectivity index (χ1v) is 7.41. The highest BCUT2D eigenvalue weighted by molar-refractivity contribution is 9.10. The van der Waals surface area contributed by atoms with Crippen LogP contribution in [0.4, 0.5) is 0 Å². The van der Waals surface area contributed by atoms with E-state index in [9.17, 15) is 5.11 Å². The summed E-state index contributed by atoms with van der Waals surface area (Å²) in [6, 6.07) is 7.13. The molecular weight excluding hydrogens is 350 g/mol. The normalized spacial score (nSPS) is 12.0. The number of rotatable bonds is 6. The standard InChI is InChI=1S/C16H16BrNO4/c1-21-15-10-11(9-14(17)16(15)19)4-5-12(18-20)6-7-13-3-2-8-22-13/h2-5,8-10,19-20H,6-7H2,1H3/b5-4+,18-12-. The van der Waals surface area contributed by atoms with E-state index in [2.05, 4.69) is 21.1 Å². The van der Waals surface area contributed by atoms with Gasteiger partial charge in [0, 0.05) is 12.8 Å². The van der Waals surface area contributed by atoms with Crippen LogP contribution in [-0.2, 0) is 6.42 Å². The number of allylic oxidation sites excluding steroid dienone is 1. The molecule has 0 saturated heterocycles. The molecule has 0 spiro atoms. The van der Waals surface area contributed by atoms with E-state index in [1.165, 1.54) is 7.11 Å². The molecule has 0 atom stereocenters. The molecule has 2 N–H and O–H groups in total. The lowest BCUT2D eigenvalue weighted by Gasteiger charge is -2.06. The third kappa shape index (κ3) is 4.14. The Labute approximate surface area is 136 Å². The van der Waals surface area contributed by atoms with E-state index < -0.39 is 0 Å². The summed E-state index contributed by atoms with van der Waals surface area (Å²) < 4.78 is 10.9. The largest absolute Gasteiger partial charge is 0.503 e. The molecule has 1 heterocycles. The van der Waals surface area contributed by atoms with Crippen molar-refractivity contribution in [1.82, 2.24) is 0 Å². The molecule has 0 amide bonds. The maximum absolute atomic E-state index is 9.77. The summed E-state index contributed by atoms with van der Waals surface area (Å²) in [5.41, 5.74) is 1.33. The van der Waals surface area contributed by atoms with Gasteiger partial charge in [0.05, 0.1) is 23.6 Å². The van der Waals surface area contributed by atoms with Gasteiger partial charge >= 0.3 is 0 Å². The van der Waals surface area contributed by atoms with Gasteiger partial charge in [0.25, 0.3) is 0 Å². The Morgan fingerprint density at radius 1 is 1.45 bits per heavy atom. The molecule has 5 nitrogen and oxygen atoms in total. The average Bonchev–Trinajstić information content (AvgIpc) is 3.04. The van der Waals surface area contributed by atoms with Gasteiger partial charge in [-0.1, -0.05) is 11.2 Å². The fourth-order valence-corrected chi connectivity index (χ4v) is 2.37. The first-order chi connectivity index (χ1) is 10.6. The van der Waals surface area contributed by atoms with Crippen molar-refractivity contribution in [2.45, 2.75) is 12.8 Å². The maximum Gasteiger partial charge on any atom is 0.172 e. The van der Waals surface area contributed by atoms with Crippen LogP contribution in [0.5, 0.6) is 11.5 Å². The Kier molecular flexibility index (Phi) is 5.66. The Bertz CT molecular complexity index is 678. The second kappa shape index (κ2) is 7.70.